The third-order valence-corrected chi connectivity index (χ3v) is 9.82. The van der Waals surface area contributed by atoms with Crippen LogP contribution in [-0.2, 0) is 10.0 Å². The summed E-state index contributed by atoms with van der Waals surface area (Å²) in [5, 5.41) is 5.22. The standard InChI is InChI=1S/C23H23Cl3FN5O2S2/c24-15-3-4-19(21(9-15)31-8-5-16(12-31)30-6-1-2-7-30)29-20-11-18(27)22(10-17(20)25)36(33,34)32(26)23-13-35-14-28-23/h3-4,9-11,13-14,16,29H,1-2,5-8,12H2. The molecular formula is C23H23Cl3FN5O2S2. The molecule has 0 amide bonds. The van der Waals surface area contributed by atoms with E-state index in [0.717, 1.165) is 61.8 Å². The minimum absolute atomic E-state index is 0.0237. The lowest BCUT2D eigenvalue weighted by molar-refractivity contribution is 0.260. The second kappa shape index (κ2) is 10.5. The van der Waals surface area contributed by atoms with Crippen LogP contribution >= 0.6 is 46.3 Å². The van der Waals surface area contributed by atoms with Crippen molar-refractivity contribution < 1.29 is 12.8 Å². The number of thiazole rings is 1. The van der Waals surface area contributed by atoms with Crippen LogP contribution in [0.15, 0.2) is 46.1 Å². The summed E-state index contributed by atoms with van der Waals surface area (Å²) < 4.78 is 41.3. The van der Waals surface area contributed by atoms with Crippen LogP contribution in [0.1, 0.15) is 19.3 Å². The van der Waals surface area contributed by atoms with E-state index in [9.17, 15) is 8.42 Å². The Labute approximate surface area is 228 Å². The first-order chi connectivity index (χ1) is 17.2. The summed E-state index contributed by atoms with van der Waals surface area (Å²) in [7, 11) is -4.42. The SMILES string of the molecule is O=S(=O)(c1cc(Cl)c(Nc2ccc(Cl)cc2N2CCC(N3CCCC3)C2)cc1F)N(Cl)c1cscn1. The summed E-state index contributed by atoms with van der Waals surface area (Å²) >= 11 is 19.9. The summed E-state index contributed by atoms with van der Waals surface area (Å²) in [6.45, 7) is 4.01. The first-order valence-corrected chi connectivity index (χ1v) is 14.9. The highest BCUT2D eigenvalue weighted by atomic mass is 35.5. The van der Waals surface area contributed by atoms with Crippen LogP contribution in [0, 0.1) is 5.82 Å². The lowest BCUT2D eigenvalue weighted by Gasteiger charge is -2.26. The highest BCUT2D eigenvalue weighted by Gasteiger charge is 2.32. The summed E-state index contributed by atoms with van der Waals surface area (Å²) in [6, 6.07) is 8.01. The fourth-order valence-electron chi connectivity index (χ4n) is 4.71. The highest BCUT2D eigenvalue weighted by Crippen LogP contribution is 2.38. The van der Waals surface area contributed by atoms with Gasteiger partial charge in [-0.25, -0.2) is 9.37 Å². The third kappa shape index (κ3) is 5.12. The van der Waals surface area contributed by atoms with Crippen LogP contribution in [0.4, 0.5) is 27.3 Å². The van der Waals surface area contributed by atoms with Gasteiger partial charge in [0.25, 0.3) is 10.0 Å². The van der Waals surface area contributed by atoms with Crippen LogP contribution in [0.2, 0.25) is 10.0 Å². The van der Waals surface area contributed by atoms with Gasteiger partial charge in [-0.05, 0) is 56.6 Å². The van der Waals surface area contributed by atoms with Gasteiger partial charge in [-0.3, -0.25) is 4.90 Å². The Hall–Kier alpha value is -1.82. The second-order valence-corrected chi connectivity index (χ2v) is 12.6. The maximum absolute atomic E-state index is 15.1. The second-order valence-electron chi connectivity index (χ2n) is 8.75. The topological polar surface area (TPSA) is 68.8 Å². The molecule has 7 nitrogen and oxygen atoms in total. The average molecular weight is 591 g/mol. The molecule has 1 aromatic heterocycles. The van der Waals surface area contributed by atoms with Crippen molar-refractivity contribution in [2.45, 2.75) is 30.2 Å². The minimum atomic E-state index is -4.42. The smallest absolute Gasteiger partial charge is 0.282 e. The monoisotopic (exact) mass is 589 g/mol. The summed E-state index contributed by atoms with van der Waals surface area (Å²) in [5.74, 6) is -1.02. The Morgan fingerprint density at radius 1 is 1.11 bits per heavy atom. The van der Waals surface area contributed by atoms with Crippen molar-refractivity contribution in [1.29, 1.82) is 0 Å². The van der Waals surface area contributed by atoms with E-state index in [1.165, 1.54) is 23.7 Å². The zero-order valence-electron chi connectivity index (χ0n) is 19.0. The molecule has 192 valence electrons. The normalized spacial score (nSPS) is 18.7. The van der Waals surface area contributed by atoms with Gasteiger partial charge in [0.2, 0.25) is 0 Å². The number of hydrogen-bond donors (Lipinski definition) is 1. The number of nitrogens with zero attached hydrogens (tertiary/aromatic N) is 4. The van der Waals surface area contributed by atoms with Crippen LogP contribution in [0.3, 0.4) is 0 Å². The molecule has 2 aromatic carbocycles. The van der Waals surface area contributed by atoms with Gasteiger partial charge < -0.3 is 10.2 Å². The molecule has 3 aromatic rings. The Bertz CT molecular complexity index is 1350. The zero-order valence-corrected chi connectivity index (χ0v) is 22.9. The average Bonchev–Trinajstić information content (AvgIpc) is 3.63. The van der Waals surface area contributed by atoms with Crippen LogP contribution in [-0.4, -0.2) is 50.5 Å². The number of halogens is 4. The number of rotatable bonds is 7. The number of hydrogen-bond acceptors (Lipinski definition) is 7. The van der Waals surface area contributed by atoms with Crippen molar-refractivity contribution in [3.05, 3.63) is 57.1 Å². The molecule has 0 radical (unpaired) electrons. The molecule has 1 N–H and O–H groups in total. The lowest BCUT2D eigenvalue weighted by Crippen LogP contribution is -2.35. The van der Waals surface area contributed by atoms with Gasteiger partial charge in [0.15, 0.2) is 5.82 Å². The van der Waals surface area contributed by atoms with Crippen molar-refractivity contribution in [2.24, 2.45) is 0 Å². The lowest BCUT2D eigenvalue weighted by atomic mass is 10.2. The van der Waals surface area contributed by atoms with Crippen LogP contribution in [0.25, 0.3) is 0 Å². The third-order valence-electron chi connectivity index (χ3n) is 6.50. The van der Waals surface area contributed by atoms with Gasteiger partial charge in [-0.15, -0.1) is 11.3 Å². The molecule has 13 heteroatoms. The Morgan fingerprint density at radius 2 is 1.89 bits per heavy atom. The van der Waals surface area contributed by atoms with Gasteiger partial charge in [-0.2, -0.15) is 12.2 Å². The van der Waals surface area contributed by atoms with Crippen molar-refractivity contribution in [3.63, 3.8) is 0 Å². The van der Waals surface area contributed by atoms with E-state index >= 15 is 4.39 Å². The van der Waals surface area contributed by atoms with Crippen molar-refractivity contribution in [2.75, 3.05) is 40.2 Å². The van der Waals surface area contributed by atoms with Gasteiger partial charge in [-0.1, -0.05) is 23.2 Å². The van der Waals surface area contributed by atoms with E-state index in [-0.39, 0.29) is 16.5 Å². The van der Waals surface area contributed by atoms with Crippen molar-refractivity contribution >= 4 is 79.2 Å². The maximum Gasteiger partial charge on any atom is 0.282 e. The van der Waals surface area contributed by atoms with Gasteiger partial charge in [0, 0.05) is 47.4 Å². The fourth-order valence-corrected chi connectivity index (χ4v) is 7.20. The van der Waals surface area contributed by atoms with E-state index < -0.39 is 20.7 Å². The summed E-state index contributed by atoms with van der Waals surface area (Å²) in [5.41, 5.74) is 3.22. The Balaban J connectivity index is 1.41. The molecular weight excluding hydrogens is 568 g/mol. The summed E-state index contributed by atoms with van der Waals surface area (Å²) in [6.07, 6.45) is 3.53. The molecule has 3 heterocycles. The quantitative estimate of drug-likeness (QED) is 0.323. The number of anilines is 4. The molecule has 1 unspecified atom stereocenters. The Kier molecular flexibility index (Phi) is 7.54. The molecule has 5 rings (SSSR count). The molecule has 2 aliphatic rings. The first kappa shape index (κ1) is 25.8. The number of aromatic nitrogens is 1. The summed E-state index contributed by atoms with van der Waals surface area (Å²) in [4.78, 5) is 8.02. The van der Waals surface area contributed by atoms with Crippen molar-refractivity contribution in [1.82, 2.24) is 9.88 Å². The predicted octanol–water partition coefficient (Wildman–Crippen LogP) is 6.36. The molecule has 2 saturated heterocycles. The molecule has 1 atom stereocenters. The molecule has 0 saturated carbocycles. The molecule has 36 heavy (non-hydrogen) atoms. The number of benzene rings is 2. The zero-order chi connectivity index (χ0) is 25.4. The van der Waals surface area contributed by atoms with Gasteiger partial charge in [0.1, 0.15) is 10.7 Å². The molecule has 0 bridgehead atoms. The maximum atomic E-state index is 15.1. The largest absolute Gasteiger partial charge is 0.368 e. The van der Waals surface area contributed by atoms with E-state index in [4.69, 9.17) is 35.0 Å². The van der Waals surface area contributed by atoms with E-state index in [1.54, 1.807) is 6.07 Å². The number of sulfonamides is 1. The molecule has 2 aliphatic heterocycles. The van der Waals surface area contributed by atoms with E-state index in [2.05, 4.69) is 20.1 Å². The number of nitrogens with one attached hydrogen (secondary N) is 1. The van der Waals surface area contributed by atoms with E-state index in [0.29, 0.717) is 20.6 Å². The fraction of sp³-hybridized carbons (Fsp3) is 0.348. The Morgan fingerprint density at radius 3 is 2.61 bits per heavy atom. The molecule has 0 spiro atoms. The van der Waals surface area contributed by atoms with Gasteiger partial charge >= 0.3 is 0 Å². The van der Waals surface area contributed by atoms with Crippen LogP contribution < -0.4 is 14.0 Å². The molecule has 0 aliphatic carbocycles. The van der Waals surface area contributed by atoms with E-state index in [1.807, 2.05) is 12.1 Å². The molecule has 2 fully saturated rings. The van der Waals surface area contributed by atoms with Crippen LogP contribution in [0.5, 0.6) is 0 Å². The minimum Gasteiger partial charge on any atom is -0.368 e. The highest BCUT2D eigenvalue weighted by molar-refractivity contribution is 7.94. The van der Waals surface area contributed by atoms with Crippen molar-refractivity contribution in [3.8, 4) is 0 Å². The van der Waals surface area contributed by atoms with Gasteiger partial charge in [0.05, 0.1) is 27.6 Å². The predicted molar refractivity (Wildman–Crippen MR) is 145 cm³/mol. The number of likely N-dealkylation sites (tertiary alicyclic amines) is 1. The first-order valence-electron chi connectivity index (χ1n) is 11.4.